The van der Waals surface area contributed by atoms with Crippen LogP contribution in [0.1, 0.15) is 23.0 Å². The first kappa shape index (κ1) is 16.5. The predicted octanol–water partition coefficient (Wildman–Crippen LogP) is 1.59. The number of benzene rings is 1. The Morgan fingerprint density at radius 3 is 2.70 bits per heavy atom. The minimum Gasteiger partial charge on any atom is -0.483 e. The zero-order chi connectivity index (χ0) is 16.8. The Labute approximate surface area is 134 Å². The topological polar surface area (TPSA) is 85.2 Å². The lowest BCUT2D eigenvalue weighted by molar-refractivity contribution is -0.118. The highest BCUT2D eigenvalue weighted by Crippen LogP contribution is 2.17. The van der Waals surface area contributed by atoms with Gasteiger partial charge >= 0.3 is 0 Å². The van der Waals surface area contributed by atoms with E-state index in [0.717, 1.165) is 5.56 Å². The van der Waals surface area contributed by atoms with Gasteiger partial charge in [0.1, 0.15) is 5.75 Å². The number of para-hydroxylation sites is 1. The van der Waals surface area contributed by atoms with Crippen LogP contribution < -0.4 is 15.4 Å². The molecule has 23 heavy (non-hydrogen) atoms. The summed E-state index contributed by atoms with van der Waals surface area (Å²) in [5.41, 5.74) is 1.49. The number of amides is 2. The van der Waals surface area contributed by atoms with Gasteiger partial charge in [0, 0.05) is 19.8 Å². The summed E-state index contributed by atoms with van der Waals surface area (Å²) in [6, 6.07) is 7.45. The maximum absolute atomic E-state index is 12.1. The van der Waals surface area contributed by atoms with Crippen molar-refractivity contribution in [2.45, 2.75) is 20.4 Å². The van der Waals surface area contributed by atoms with E-state index in [1.54, 1.807) is 16.9 Å². The van der Waals surface area contributed by atoms with Crippen LogP contribution in [0.15, 0.2) is 30.5 Å². The average Bonchev–Trinajstić information content (AvgIpc) is 2.96. The molecule has 2 rings (SSSR count). The number of ether oxygens (including phenoxy) is 1. The fraction of sp³-hybridized carbons (Fsp3) is 0.312. The van der Waals surface area contributed by atoms with E-state index in [-0.39, 0.29) is 24.1 Å². The first-order valence-corrected chi connectivity index (χ1v) is 7.33. The average molecular weight is 316 g/mol. The highest BCUT2D eigenvalue weighted by molar-refractivity contribution is 6.02. The van der Waals surface area contributed by atoms with Gasteiger partial charge in [-0.2, -0.15) is 5.10 Å². The van der Waals surface area contributed by atoms with Crippen LogP contribution in [0.5, 0.6) is 5.75 Å². The Morgan fingerprint density at radius 1 is 1.30 bits per heavy atom. The van der Waals surface area contributed by atoms with Crippen molar-refractivity contribution in [3.63, 3.8) is 0 Å². The predicted molar refractivity (Wildman–Crippen MR) is 86.6 cm³/mol. The summed E-state index contributed by atoms with van der Waals surface area (Å²) in [4.78, 5) is 23.9. The number of carbonyl (C=O) groups is 2. The van der Waals surface area contributed by atoms with Gasteiger partial charge in [-0.15, -0.1) is 0 Å². The van der Waals surface area contributed by atoms with Crippen molar-refractivity contribution in [2.24, 2.45) is 0 Å². The van der Waals surface area contributed by atoms with Crippen molar-refractivity contribution in [3.05, 3.63) is 41.7 Å². The van der Waals surface area contributed by atoms with E-state index in [4.69, 9.17) is 4.74 Å². The molecule has 7 nitrogen and oxygen atoms in total. The molecule has 0 unspecified atom stereocenters. The number of nitrogens with one attached hydrogen (secondary N) is 2. The monoisotopic (exact) mass is 316 g/mol. The smallest absolute Gasteiger partial charge is 0.273 e. The molecule has 7 heteroatoms. The van der Waals surface area contributed by atoms with Crippen LogP contribution in [-0.2, 0) is 11.3 Å². The summed E-state index contributed by atoms with van der Waals surface area (Å²) in [5, 5.41) is 9.30. The third-order valence-corrected chi connectivity index (χ3v) is 3.25. The number of carbonyl (C=O) groups excluding carboxylic acids is 2. The van der Waals surface area contributed by atoms with Gasteiger partial charge in [0.15, 0.2) is 12.3 Å². The molecular weight excluding hydrogens is 296 g/mol. The molecule has 2 amide bonds. The molecule has 0 atom stereocenters. The van der Waals surface area contributed by atoms with Crippen LogP contribution in [0.4, 0.5) is 5.69 Å². The number of nitrogens with zero attached hydrogens (tertiary/aromatic N) is 2. The fourth-order valence-corrected chi connectivity index (χ4v) is 2.01. The second-order valence-corrected chi connectivity index (χ2v) is 4.93. The van der Waals surface area contributed by atoms with Gasteiger partial charge in [0.25, 0.3) is 11.8 Å². The van der Waals surface area contributed by atoms with Gasteiger partial charge in [-0.3, -0.25) is 14.3 Å². The van der Waals surface area contributed by atoms with E-state index >= 15 is 0 Å². The Kier molecular flexibility index (Phi) is 5.35. The van der Waals surface area contributed by atoms with E-state index < -0.39 is 0 Å². The van der Waals surface area contributed by atoms with Crippen LogP contribution in [0.25, 0.3) is 0 Å². The van der Waals surface area contributed by atoms with Crippen molar-refractivity contribution in [2.75, 3.05) is 19.0 Å². The van der Waals surface area contributed by atoms with Crippen molar-refractivity contribution in [1.29, 1.82) is 0 Å². The first-order chi connectivity index (χ1) is 11.0. The van der Waals surface area contributed by atoms with Crippen molar-refractivity contribution >= 4 is 17.5 Å². The van der Waals surface area contributed by atoms with Crippen molar-refractivity contribution in [1.82, 2.24) is 15.1 Å². The van der Waals surface area contributed by atoms with Gasteiger partial charge < -0.3 is 15.4 Å². The van der Waals surface area contributed by atoms with Crippen molar-refractivity contribution in [3.8, 4) is 5.75 Å². The maximum Gasteiger partial charge on any atom is 0.273 e. The Bertz CT molecular complexity index is 709. The molecule has 0 aliphatic heterocycles. The molecule has 2 aromatic rings. The number of anilines is 1. The number of hydrogen-bond donors (Lipinski definition) is 2. The molecule has 0 saturated carbocycles. The molecule has 0 aliphatic carbocycles. The lowest BCUT2D eigenvalue weighted by Crippen LogP contribution is -2.24. The van der Waals surface area contributed by atoms with Crippen LogP contribution in [0, 0.1) is 6.92 Å². The van der Waals surface area contributed by atoms with Crippen LogP contribution >= 0.6 is 0 Å². The van der Waals surface area contributed by atoms with Crippen molar-refractivity contribution < 1.29 is 14.3 Å². The quantitative estimate of drug-likeness (QED) is 0.847. The van der Waals surface area contributed by atoms with E-state index in [9.17, 15) is 9.59 Å². The minimum atomic E-state index is -0.354. The highest BCUT2D eigenvalue weighted by Gasteiger charge is 2.17. The molecule has 0 bridgehead atoms. The first-order valence-electron chi connectivity index (χ1n) is 7.33. The van der Waals surface area contributed by atoms with Crippen LogP contribution in [0.2, 0.25) is 0 Å². The minimum absolute atomic E-state index is 0.144. The summed E-state index contributed by atoms with van der Waals surface area (Å²) in [6.07, 6.45) is 1.62. The van der Waals surface area contributed by atoms with Crippen LogP contribution in [-0.4, -0.2) is 35.2 Å². The van der Waals surface area contributed by atoms with E-state index in [0.29, 0.717) is 18.0 Å². The SMILES string of the molecule is CCn1cc(NC(=O)COc2ccccc2C)c(C(=O)NC)n1. The van der Waals surface area contributed by atoms with Gasteiger partial charge in [0.2, 0.25) is 0 Å². The lowest BCUT2D eigenvalue weighted by atomic mass is 10.2. The molecule has 1 aromatic carbocycles. The molecule has 0 spiro atoms. The highest BCUT2D eigenvalue weighted by atomic mass is 16.5. The van der Waals surface area contributed by atoms with E-state index in [1.165, 1.54) is 7.05 Å². The van der Waals surface area contributed by atoms with Gasteiger partial charge in [-0.25, -0.2) is 0 Å². The fourth-order valence-electron chi connectivity index (χ4n) is 2.01. The summed E-state index contributed by atoms with van der Waals surface area (Å²) >= 11 is 0. The second-order valence-electron chi connectivity index (χ2n) is 4.93. The number of rotatable bonds is 6. The Balaban J connectivity index is 2.04. The molecule has 122 valence electrons. The molecule has 0 fully saturated rings. The molecule has 0 saturated heterocycles. The summed E-state index contributed by atoms with van der Waals surface area (Å²) in [7, 11) is 1.51. The zero-order valence-electron chi connectivity index (χ0n) is 13.4. The maximum atomic E-state index is 12.1. The molecule has 1 aromatic heterocycles. The van der Waals surface area contributed by atoms with Gasteiger partial charge in [0.05, 0.1) is 5.69 Å². The van der Waals surface area contributed by atoms with Gasteiger partial charge in [-0.1, -0.05) is 18.2 Å². The molecule has 0 aliphatic rings. The summed E-state index contributed by atoms with van der Waals surface area (Å²) in [6.45, 7) is 4.25. The van der Waals surface area contributed by atoms with E-state index in [2.05, 4.69) is 15.7 Å². The molecule has 1 heterocycles. The second kappa shape index (κ2) is 7.44. The third kappa shape index (κ3) is 4.09. The summed E-state index contributed by atoms with van der Waals surface area (Å²) in [5.74, 6) is -0.0557. The molecule has 0 radical (unpaired) electrons. The third-order valence-electron chi connectivity index (χ3n) is 3.25. The number of hydrogen-bond acceptors (Lipinski definition) is 4. The Morgan fingerprint density at radius 2 is 2.04 bits per heavy atom. The standard InChI is InChI=1S/C16H20N4O3/c1-4-20-9-12(15(19-20)16(22)17-3)18-14(21)10-23-13-8-6-5-7-11(13)2/h5-9H,4,10H2,1-3H3,(H,17,22)(H,18,21). The largest absolute Gasteiger partial charge is 0.483 e. The normalized spacial score (nSPS) is 10.2. The van der Waals surface area contributed by atoms with Crippen LogP contribution in [0.3, 0.4) is 0 Å². The number of aryl methyl sites for hydroxylation is 2. The zero-order valence-corrected chi connectivity index (χ0v) is 13.4. The number of aromatic nitrogens is 2. The Hall–Kier alpha value is -2.83. The van der Waals surface area contributed by atoms with E-state index in [1.807, 2.05) is 32.0 Å². The summed E-state index contributed by atoms with van der Waals surface area (Å²) < 4.78 is 7.08. The lowest BCUT2D eigenvalue weighted by Gasteiger charge is -2.09. The molecular formula is C16H20N4O3. The molecule has 2 N–H and O–H groups in total. The van der Waals surface area contributed by atoms with Gasteiger partial charge in [-0.05, 0) is 25.5 Å².